The monoisotopic (exact) mass is 579 g/mol. The lowest BCUT2D eigenvalue weighted by Crippen LogP contribution is -2.50. The summed E-state index contributed by atoms with van der Waals surface area (Å²) in [7, 11) is 0. The van der Waals surface area contributed by atoms with Gasteiger partial charge in [0.2, 0.25) is 11.8 Å². The van der Waals surface area contributed by atoms with Crippen LogP contribution in [0.4, 0.5) is 14.5 Å². The van der Waals surface area contributed by atoms with E-state index in [-0.39, 0.29) is 33.0 Å². The average Bonchev–Trinajstić information content (AvgIpc) is 3.32. The van der Waals surface area contributed by atoms with Crippen LogP contribution in [0, 0.1) is 17.0 Å². The number of hydrogen-bond acceptors (Lipinski definition) is 4. The molecule has 0 aromatic heterocycles. The first-order chi connectivity index (χ1) is 18.3. The number of halogens is 4. The highest BCUT2D eigenvalue weighted by Crippen LogP contribution is 2.57. The van der Waals surface area contributed by atoms with Crippen molar-refractivity contribution in [2.24, 2.45) is 5.41 Å². The Labute approximate surface area is 236 Å². The highest BCUT2D eigenvalue weighted by Gasteiger charge is 2.66. The number of anilines is 1. The molecule has 2 amide bonds. The maximum atomic E-state index is 15.8. The lowest BCUT2D eigenvalue weighted by atomic mass is 9.62. The maximum Gasteiger partial charge on any atom is 0.238 e. The number of benzene rings is 2. The van der Waals surface area contributed by atoms with Crippen molar-refractivity contribution in [3.05, 3.63) is 63.1 Å². The molecule has 2 aromatic carbocycles. The third kappa shape index (κ3) is 4.94. The fourth-order valence-electron chi connectivity index (χ4n) is 6.68. The molecule has 0 bridgehead atoms. The van der Waals surface area contributed by atoms with Gasteiger partial charge in [0.25, 0.3) is 0 Å². The Morgan fingerprint density at radius 2 is 1.82 bits per heavy atom. The van der Waals surface area contributed by atoms with Crippen molar-refractivity contribution >= 4 is 40.7 Å². The van der Waals surface area contributed by atoms with Crippen LogP contribution in [0.3, 0.4) is 0 Å². The molecule has 1 saturated carbocycles. The van der Waals surface area contributed by atoms with Crippen LogP contribution < -0.4 is 16.0 Å². The normalized spacial score (nSPS) is 30.4. The first kappa shape index (κ1) is 28.3. The summed E-state index contributed by atoms with van der Waals surface area (Å²) in [4.78, 5) is 28.1. The molecule has 4 atom stereocenters. The number of carbonyl (C=O) groups excluding carboxylic acids is 2. The lowest BCUT2D eigenvalue weighted by molar-refractivity contribution is -0.124. The summed E-state index contributed by atoms with van der Waals surface area (Å²) in [5, 5.41) is 18.9. The van der Waals surface area contributed by atoms with Gasteiger partial charge in [0.1, 0.15) is 17.0 Å². The van der Waals surface area contributed by atoms with Crippen LogP contribution in [0.2, 0.25) is 10.0 Å². The van der Waals surface area contributed by atoms with Crippen molar-refractivity contribution < 1.29 is 23.5 Å². The van der Waals surface area contributed by atoms with Gasteiger partial charge in [-0.05, 0) is 66.8 Å². The molecule has 39 heavy (non-hydrogen) atoms. The standard InChI is InChI=1S/C29H33Cl2F2N3O3/c1-28(2,3)13-22-29(17-11-20(32)19(31)12-21(17)35-27(29)39)23(16-5-4-6-18(30)24(16)33)25(36-22)26(38)34-14-7-9-15(37)10-8-14/h4-6,11-12,14-15,22-23,25,36-37H,7-10,13H2,1-3H3,(H,34,38)(H,35,39)/t14?,15?,22-,23+,25-,29+/m1/s1. The lowest BCUT2D eigenvalue weighted by Gasteiger charge is -2.38. The fraction of sp³-hybridized carbons (Fsp3) is 0.517. The molecule has 2 aliphatic heterocycles. The summed E-state index contributed by atoms with van der Waals surface area (Å²) in [6.45, 7) is 6.02. The van der Waals surface area contributed by atoms with Gasteiger partial charge in [-0.1, -0.05) is 56.1 Å². The van der Waals surface area contributed by atoms with Gasteiger partial charge in [0.15, 0.2) is 0 Å². The minimum Gasteiger partial charge on any atom is -0.393 e. The quantitative estimate of drug-likeness (QED) is 0.388. The number of aliphatic hydroxyl groups excluding tert-OH is 1. The number of amides is 2. The molecule has 1 aliphatic carbocycles. The molecule has 2 heterocycles. The van der Waals surface area contributed by atoms with E-state index >= 15 is 4.39 Å². The van der Waals surface area contributed by atoms with E-state index in [1.165, 1.54) is 24.3 Å². The van der Waals surface area contributed by atoms with E-state index in [0.29, 0.717) is 43.4 Å². The van der Waals surface area contributed by atoms with Gasteiger partial charge >= 0.3 is 0 Å². The second-order valence-corrected chi connectivity index (χ2v) is 13.0. The molecule has 2 fully saturated rings. The van der Waals surface area contributed by atoms with E-state index in [4.69, 9.17) is 23.2 Å². The van der Waals surface area contributed by atoms with Gasteiger partial charge in [-0.15, -0.1) is 0 Å². The van der Waals surface area contributed by atoms with Crippen LogP contribution in [-0.4, -0.2) is 41.2 Å². The number of fused-ring (bicyclic) bond motifs is 2. The number of nitrogens with one attached hydrogen (secondary N) is 3. The largest absolute Gasteiger partial charge is 0.393 e. The molecule has 4 N–H and O–H groups in total. The maximum absolute atomic E-state index is 15.8. The Kier molecular flexibility index (Phi) is 7.46. The van der Waals surface area contributed by atoms with Crippen LogP contribution in [-0.2, 0) is 15.0 Å². The molecular formula is C29H33Cl2F2N3O3. The number of rotatable bonds is 4. The van der Waals surface area contributed by atoms with Crippen molar-refractivity contribution in [1.29, 1.82) is 0 Å². The van der Waals surface area contributed by atoms with Crippen molar-refractivity contribution in [3.8, 4) is 0 Å². The van der Waals surface area contributed by atoms with Gasteiger partial charge in [0.05, 0.1) is 22.2 Å². The van der Waals surface area contributed by atoms with Crippen LogP contribution in [0.1, 0.15) is 69.9 Å². The minimum absolute atomic E-state index is 0.101. The highest BCUT2D eigenvalue weighted by molar-refractivity contribution is 6.31. The smallest absolute Gasteiger partial charge is 0.238 e. The molecule has 10 heteroatoms. The molecule has 5 rings (SSSR count). The Balaban J connectivity index is 1.69. The summed E-state index contributed by atoms with van der Waals surface area (Å²) in [6, 6.07) is 5.28. The summed E-state index contributed by atoms with van der Waals surface area (Å²) in [5.41, 5.74) is -1.06. The zero-order valence-electron chi connectivity index (χ0n) is 22.1. The zero-order chi connectivity index (χ0) is 28.3. The van der Waals surface area contributed by atoms with Gasteiger partial charge < -0.3 is 21.1 Å². The summed E-state index contributed by atoms with van der Waals surface area (Å²) >= 11 is 12.3. The molecule has 1 spiro atoms. The van der Waals surface area contributed by atoms with E-state index in [1.54, 1.807) is 6.07 Å². The van der Waals surface area contributed by atoms with Crippen LogP contribution in [0.5, 0.6) is 0 Å². The first-order valence-electron chi connectivity index (χ1n) is 13.3. The van der Waals surface area contributed by atoms with Gasteiger partial charge in [-0.25, -0.2) is 8.78 Å². The number of hydrogen-bond donors (Lipinski definition) is 4. The second-order valence-electron chi connectivity index (χ2n) is 12.2. The van der Waals surface area contributed by atoms with Crippen molar-refractivity contribution in [2.75, 3.05) is 5.32 Å². The van der Waals surface area contributed by atoms with E-state index in [2.05, 4.69) is 16.0 Å². The van der Waals surface area contributed by atoms with Crippen molar-refractivity contribution in [2.45, 2.75) is 88.4 Å². The Morgan fingerprint density at radius 3 is 2.49 bits per heavy atom. The predicted octanol–water partition coefficient (Wildman–Crippen LogP) is 5.44. The van der Waals surface area contributed by atoms with E-state index < -0.39 is 47.1 Å². The van der Waals surface area contributed by atoms with Crippen LogP contribution >= 0.6 is 23.2 Å². The molecular weight excluding hydrogens is 547 g/mol. The number of aliphatic hydroxyl groups is 1. The topological polar surface area (TPSA) is 90.5 Å². The molecule has 0 radical (unpaired) electrons. The minimum atomic E-state index is -1.52. The second kappa shape index (κ2) is 10.3. The van der Waals surface area contributed by atoms with E-state index in [9.17, 15) is 19.1 Å². The van der Waals surface area contributed by atoms with E-state index in [0.717, 1.165) is 0 Å². The van der Waals surface area contributed by atoms with E-state index in [1.807, 2.05) is 20.8 Å². The Hall–Kier alpha value is -2.26. The number of carbonyl (C=O) groups is 2. The Bertz CT molecular complexity index is 1310. The molecule has 3 aliphatic rings. The van der Waals surface area contributed by atoms with Crippen LogP contribution in [0.25, 0.3) is 0 Å². The van der Waals surface area contributed by atoms with Crippen LogP contribution in [0.15, 0.2) is 30.3 Å². The summed E-state index contributed by atoms with van der Waals surface area (Å²) in [5.74, 6) is -3.32. The van der Waals surface area contributed by atoms with Crippen molar-refractivity contribution in [1.82, 2.24) is 10.6 Å². The van der Waals surface area contributed by atoms with Crippen molar-refractivity contribution in [3.63, 3.8) is 0 Å². The SMILES string of the molecule is CC(C)(C)C[C@H]1N[C@@H](C(=O)NC2CCC(O)CC2)[C@H](c2cccc(Cl)c2F)[C@@]12C(=O)Nc1cc(Cl)c(F)cc12. The molecule has 1 saturated heterocycles. The zero-order valence-corrected chi connectivity index (χ0v) is 23.6. The third-order valence-electron chi connectivity index (χ3n) is 8.34. The highest BCUT2D eigenvalue weighted by atomic mass is 35.5. The third-order valence-corrected chi connectivity index (χ3v) is 8.92. The summed E-state index contributed by atoms with van der Waals surface area (Å²) < 4.78 is 30.8. The van der Waals surface area contributed by atoms with Gasteiger partial charge in [-0.3, -0.25) is 9.59 Å². The Morgan fingerprint density at radius 1 is 1.13 bits per heavy atom. The molecule has 6 nitrogen and oxygen atoms in total. The molecule has 210 valence electrons. The average molecular weight is 581 g/mol. The fourth-order valence-corrected chi connectivity index (χ4v) is 7.02. The first-order valence-corrected chi connectivity index (χ1v) is 14.1. The molecule has 2 aromatic rings. The summed E-state index contributed by atoms with van der Waals surface area (Å²) in [6.07, 6.45) is 2.40. The molecule has 0 unspecified atom stereocenters. The van der Waals surface area contributed by atoms with Gasteiger partial charge in [-0.2, -0.15) is 0 Å². The predicted molar refractivity (Wildman–Crippen MR) is 147 cm³/mol. The van der Waals surface area contributed by atoms with Gasteiger partial charge in [0, 0.05) is 23.7 Å².